The van der Waals surface area contributed by atoms with Gasteiger partial charge in [-0.3, -0.25) is 0 Å². The molecule has 0 fully saturated rings. The molecule has 1 atom stereocenters. The summed E-state index contributed by atoms with van der Waals surface area (Å²) >= 11 is 1.64. The van der Waals surface area contributed by atoms with E-state index >= 15 is 0 Å². The second-order valence-electron chi connectivity index (χ2n) is 2.75. The molecule has 14 heavy (non-hydrogen) atoms. The van der Waals surface area contributed by atoms with Crippen LogP contribution in [0, 0.1) is 0 Å². The van der Waals surface area contributed by atoms with Gasteiger partial charge in [0.2, 0.25) is 0 Å². The van der Waals surface area contributed by atoms with Crippen molar-refractivity contribution in [2.75, 3.05) is 12.4 Å². The lowest BCUT2D eigenvalue weighted by Crippen LogP contribution is -2.17. The van der Waals surface area contributed by atoms with Crippen LogP contribution >= 0.6 is 11.8 Å². The largest absolute Gasteiger partial charge is 0.370 e. The minimum Gasteiger partial charge on any atom is -0.370 e. The Morgan fingerprint density at radius 1 is 1.43 bits per heavy atom. The molecule has 1 aromatic carbocycles. The SMILES string of the molecule is CCOC(C=O)CSc1ccccc1. The Morgan fingerprint density at radius 2 is 2.14 bits per heavy atom. The van der Waals surface area contributed by atoms with Crippen LogP contribution < -0.4 is 0 Å². The summed E-state index contributed by atoms with van der Waals surface area (Å²) < 4.78 is 5.22. The fraction of sp³-hybridized carbons (Fsp3) is 0.364. The number of thioether (sulfide) groups is 1. The molecule has 0 saturated carbocycles. The molecule has 0 N–H and O–H groups in total. The summed E-state index contributed by atoms with van der Waals surface area (Å²) in [6.07, 6.45) is 0.574. The third-order valence-corrected chi connectivity index (χ3v) is 2.79. The average molecular weight is 210 g/mol. The van der Waals surface area contributed by atoms with E-state index in [9.17, 15) is 4.79 Å². The second-order valence-corrected chi connectivity index (χ2v) is 3.85. The number of aldehydes is 1. The van der Waals surface area contributed by atoms with Crippen LogP contribution in [-0.2, 0) is 9.53 Å². The highest BCUT2D eigenvalue weighted by Gasteiger charge is 2.06. The number of benzene rings is 1. The molecule has 0 bridgehead atoms. The van der Waals surface area contributed by atoms with Crippen LogP contribution in [0.5, 0.6) is 0 Å². The zero-order chi connectivity index (χ0) is 10.2. The molecule has 0 aliphatic rings. The minimum atomic E-state index is -0.287. The number of rotatable bonds is 6. The molecule has 3 heteroatoms. The van der Waals surface area contributed by atoms with Crippen molar-refractivity contribution in [3.05, 3.63) is 30.3 Å². The number of hydrogen-bond acceptors (Lipinski definition) is 3. The summed E-state index contributed by atoms with van der Waals surface area (Å²) in [5.74, 6) is 0.682. The molecule has 1 rings (SSSR count). The maximum atomic E-state index is 10.6. The second kappa shape index (κ2) is 6.62. The summed E-state index contributed by atoms with van der Waals surface area (Å²) in [6.45, 7) is 2.47. The third kappa shape index (κ3) is 3.94. The first kappa shape index (κ1) is 11.3. The number of carbonyl (C=O) groups excluding carboxylic acids is 1. The number of carbonyl (C=O) groups is 1. The zero-order valence-corrected chi connectivity index (χ0v) is 9.00. The molecule has 1 unspecified atom stereocenters. The molecule has 0 radical (unpaired) electrons. The fourth-order valence-corrected chi connectivity index (χ4v) is 1.92. The van der Waals surface area contributed by atoms with Gasteiger partial charge in [-0.2, -0.15) is 0 Å². The van der Waals surface area contributed by atoms with Crippen molar-refractivity contribution >= 4 is 18.0 Å². The monoisotopic (exact) mass is 210 g/mol. The Morgan fingerprint density at radius 3 is 2.71 bits per heavy atom. The maximum Gasteiger partial charge on any atom is 0.149 e. The van der Waals surface area contributed by atoms with Crippen molar-refractivity contribution in [1.82, 2.24) is 0 Å². The van der Waals surface area contributed by atoms with Crippen LogP contribution in [0.3, 0.4) is 0 Å². The molecular formula is C11H14O2S. The predicted molar refractivity (Wildman–Crippen MR) is 58.6 cm³/mol. The lowest BCUT2D eigenvalue weighted by atomic mass is 10.4. The summed E-state index contributed by atoms with van der Waals surface area (Å²) in [4.78, 5) is 11.7. The quantitative estimate of drug-likeness (QED) is 0.532. The molecule has 0 aliphatic heterocycles. The Hall–Kier alpha value is -0.800. The van der Waals surface area contributed by atoms with Crippen LogP contribution in [0.4, 0.5) is 0 Å². The molecule has 0 amide bonds. The van der Waals surface area contributed by atoms with E-state index < -0.39 is 0 Å². The molecule has 0 spiro atoms. The summed E-state index contributed by atoms with van der Waals surface area (Å²) in [5, 5.41) is 0. The molecule has 0 aliphatic carbocycles. The van der Waals surface area contributed by atoms with Gasteiger partial charge in [0.05, 0.1) is 0 Å². The Balaban J connectivity index is 2.35. The van der Waals surface area contributed by atoms with Crippen molar-refractivity contribution in [2.45, 2.75) is 17.9 Å². The molecule has 1 aromatic rings. The van der Waals surface area contributed by atoms with Gasteiger partial charge in [-0.05, 0) is 19.1 Å². The molecule has 2 nitrogen and oxygen atoms in total. The zero-order valence-electron chi connectivity index (χ0n) is 8.18. The van der Waals surface area contributed by atoms with E-state index in [1.165, 1.54) is 4.90 Å². The summed E-state index contributed by atoms with van der Waals surface area (Å²) in [5.41, 5.74) is 0. The van der Waals surface area contributed by atoms with Gasteiger partial charge in [0.1, 0.15) is 12.4 Å². The van der Waals surface area contributed by atoms with E-state index in [1.807, 2.05) is 37.3 Å². The molecule has 0 aromatic heterocycles. The Labute approximate surface area is 88.7 Å². The van der Waals surface area contributed by atoms with E-state index in [-0.39, 0.29) is 6.10 Å². The van der Waals surface area contributed by atoms with Crippen molar-refractivity contribution in [2.24, 2.45) is 0 Å². The van der Waals surface area contributed by atoms with Crippen LogP contribution in [0.1, 0.15) is 6.92 Å². The van der Waals surface area contributed by atoms with E-state index in [4.69, 9.17) is 4.74 Å². The van der Waals surface area contributed by atoms with Gasteiger partial charge in [0.15, 0.2) is 0 Å². The first-order valence-electron chi connectivity index (χ1n) is 4.61. The van der Waals surface area contributed by atoms with E-state index in [1.54, 1.807) is 11.8 Å². The highest BCUT2D eigenvalue weighted by atomic mass is 32.2. The first-order valence-corrected chi connectivity index (χ1v) is 5.60. The average Bonchev–Trinajstić information content (AvgIpc) is 2.25. The van der Waals surface area contributed by atoms with Gasteiger partial charge < -0.3 is 9.53 Å². The predicted octanol–water partition coefficient (Wildman–Crippen LogP) is 2.38. The number of ether oxygens (including phenoxy) is 1. The normalized spacial score (nSPS) is 12.4. The van der Waals surface area contributed by atoms with Crippen LogP contribution in [0.25, 0.3) is 0 Å². The van der Waals surface area contributed by atoms with Crippen molar-refractivity contribution < 1.29 is 9.53 Å². The fourth-order valence-electron chi connectivity index (χ4n) is 1.04. The van der Waals surface area contributed by atoms with Crippen LogP contribution in [-0.4, -0.2) is 24.7 Å². The van der Waals surface area contributed by atoms with Crippen LogP contribution in [0.2, 0.25) is 0 Å². The van der Waals surface area contributed by atoms with Gasteiger partial charge in [0.25, 0.3) is 0 Å². The van der Waals surface area contributed by atoms with E-state index in [0.717, 1.165) is 6.29 Å². The van der Waals surface area contributed by atoms with Gasteiger partial charge in [-0.25, -0.2) is 0 Å². The topological polar surface area (TPSA) is 26.3 Å². The van der Waals surface area contributed by atoms with E-state index in [2.05, 4.69) is 0 Å². The third-order valence-electron chi connectivity index (χ3n) is 1.69. The van der Waals surface area contributed by atoms with Gasteiger partial charge >= 0.3 is 0 Å². The van der Waals surface area contributed by atoms with Crippen molar-refractivity contribution in [3.8, 4) is 0 Å². The maximum absolute atomic E-state index is 10.6. The molecular weight excluding hydrogens is 196 g/mol. The Kier molecular flexibility index (Phi) is 5.33. The first-order chi connectivity index (χ1) is 6.86. The Bertz CT molecular complexity index is 261. The molecule has 76 valence electrons. The summed E-state index contributed by atoms with van der Waals surface area (Å²) in [7, 11) is 0. The van der Waals surface area contributed by atoms with Gasteiger partial charge in [0, 0.05) is 17.3 Å². The molecule has 0 saturated heterocycles. The van der Waals surface area contributed by atoms with E-state index in [0.29, 0.717) is 12.4 Å². The minimum absolute atomic E-state index is 0.287. The van der Waals surface area contributed by atoms with Crippen molar-refractivity contribution in [1.29, 1.82) is 0 Å². The van der Waals surface area contributed by atoms with Crippen LogP contribution in [0.15, 0.2) is 35.2 Å². The van der Waals surface area contributed by atoms with Gasteiger partial charge in [-0.1, -0.05) is 18.2 Å². The lowest BCUT2D eigenvalue weighted by molar-refractivity contribution is -0.116. The lowest BCUT2D eigenvalue weighted by Gasteiger charge is -2.09. The highest BCUT2D eigenvalue weighted by Crippen LogP contribution is 2.18. The summed E-state index contributed by atoms with van der Waals surface area (Å²) in [6, 6.07) is 10.00. The standard InChI is InChI=1S/C11H14O2S/c1-2-13-10(8-12)9-14-11-6-4-3-5-7-11/h3-8,10H,2,9H2,1H3. The molecule has 0 heterocycles. The number of hydrogen-bond donors (Lipinski definition) is 0. The highest BCUT2D eigenvalue weighted by molar-refractivity contribution is 7.99. The van der Waals surface area contributed by atoms with Crippen molar-refractivity contribution in [3.63, 3.8) is 0 Å². The van der Waals surface area contributed by atoms with Gasteiger partial charge in [-0.15, -0.1) is 11.8 Å². The smallest absolute Gasteiger partial charge is 0.149 e.